The molecule has 0 aromatic heterocycles. The molecule has 2 atom stereocenters. The highest BCUT2D eigenvalue weighted by atomic mass is 16.3. The minimum Gasteiger partial charge on any atom is -0.393 e. The Morgan fingerprint density at radius 1 is 1.00 bits per heavy atom. The second kappa shape index (κ2) is 7.76. The molecule has 2 unspecified atom stereocenters. The van der Waals surface area contributed by atoms with Crippen molar-refractivity contribution in [2.24, 2.45) is 16.2 Å². The van der Waals surface area contributed by atoms with Crippen LogP contribution >= 0.6 is 0 Å². The van der Waals surface area contributed by atoms with Gasteiger partial charge < -0.3 is 10.0 Å². The van der Waals surface area contributed by atoms with Gasteiger partial charge in [0, 0.05) is 19.0 Å². The molecule has 0 aromatic rings. The monoisotopic (exact) mass is 339 g/mol. The van der Waals surface area contributed by atoms with Gasteiger partial charge >= 0.3 is 0 Å². The van der Waals surface area contributed by atoms with Gasteiger partial charge in [-0.15, -0.1) is 0 Å². The maximum atomic E-state index is 12.8. The third-order valence-corrected chi connectivity index (χ3v) is 6.18. The van der Waals surface area contributed by atoms with E-state index in [1.165, 1.54) is 0 Å². The summed E-state index contributed by atoms with van der Waals surface area (Å²) in [5, 5.41) is 9.99. The van der Waals surface area contributed by atoms with Crippen LogP contribution in [0.1, 0.15) is 93.9 Å². The van der Waals surface area contributed by atoms with Gasteiger partial charge in [0.2, 0.25) is 5.91 Å². The highest BCUT2D eigenvalue weighted by Gasteiger charge is 2.47. The molecule has 1 heterocycles. The van der Waals surface area contributed by atoms with E-state index in [-0.39, 0.29) is 28.4 Å². The number of hydrogen-bond acceptors (Lipinski definition) is 2. The summed E-state index contributed by atoms with van der Waals surface area (Å²) in [6.45, 7) is 18.6. The Kier molecular flexibility index (Phi) is 6.94. The average Bonchev–Trinajstić information content (AvgIpc) is 2.57. The number of carbonyl (C=O) groups excluding carboxylic acids is 1. The van der Waals surface area contributed by atoms with Gasteiger partial charge in [-0.05, 0) is 48.9 Å². The smallest absolute Gasteiger partial charge is 0.222 e. The summed E-state index contributed by atoms with van der Waals surface area (Å²) in [5.41, 5.74) is 0.0381. The molecule has 3 heteroatoms. The molecule has 0 spiro atoms. The maximum Gasteiger partial charge on any atom is 0.222 e. The molecule has 142 valence electrons. The zero-order valence-electron chi connectivity index (χ0n) is 17.4. The van der Waals surface area contributed by atoms with Gasteiger partial charge in [-0.3, -0.25) is 4.79 Å². The largest absolute Gasteiger partial charge is 0.393 e. The second-order valence-electron chi connectivity index (χ2n) is 10.3. The molecule has 24 heavy (non-hydrogen) atoms. The summed E-state index contributed by atoms with van der Waals surface area (Å²) < 4.78 is 0. The molecule has 0 radical (unpaired) electrons. The number of aliphatic hydroxyl groups excluding tert-OH is 1. The van der Waals surface area contributed by atoms with E-state index in [2.05, 4.69) is 53.4 Å². The summed E-state index contributed by atoms with van der Waals surface area (Å²) in [6.07, 6.45) is 5.40. The van der Waals surface area contributed by atoms with Gasteiger partial charge in [-0.2, -0.15) is 0 Å². The van der Waals surface area contributed by atoms with Crippen LogP contribution in [0.15, 0.2) is 0 Å². The highest BCUT2D eigenvalue weighted by molar-refractivity contribution is 5.76. The van der Waals surface area contributed by atoms with Crippen molar-refractivity contribution in [1.82, 2.24) is 4.90 Å². The Morgan fingerprint density at radius 3 is 2.08 bits per heavy atom. The fraction of sp³-hybridized carbons (Fsp3) is 0.952. The van der Waals surface area contributed by atoms with Crippen molar-refractivity contribution >= 4 is 5.91 Å². The van der Waals surface area contributed by atoms with Crippen LogP contribution in [0, 0.1) is 16.2 Å². The molecule has 1 N–H and O–H groups in total. The summed E-state index contributed by atoms with van der Waals surface area (Å²) in [7, 11) is 0. The summed E-state index contributed by atoms with van der Waals surface area (Å²) in [4.78, 5) is 15.0. The Bertz CT molecular complexity index is 418. The number of aliphatic hydroxyl groups is 1. The highest BCUT2D eigenvalue weighted by Crippen LogP contribution is 2.49. The molecule has 0 bridgehead atoms. The Balaban J connectivity index is 3.22. The minimum absolute atomic E-state index is 0.0519. The number of rotatable bonds is 6. The number of amides is 1. The predicted octanol–water partition coefficient (Wildman–Crippen LogP) is 5.02. The van der Waals surface area contributed by atoms with Crippen molar-refractivity contribution in [3.8, 4) is 0 Å². The number of nitrogens with zero attached hydrogens (tertiary/aromatic N) is 1. The lowest BCUT2D eigenvalue weighted by molar-refractivity contribution is -0.140. The molecule has 1 amide bonds. The van der Waals surface area contributed by atoms with E-state index < -0.39 is 0 Å². The van der Waals surface area contributed by atoms with Crippen molar-refractivity contribution in [2.45, 2.75) is 106 Å². The summed E-state index contributed by atoms with van der Waals surface area (Å²) in [5.74, 6) is 0.322. The van der Waals surface area contributed by atoms with E-state index in [4.69, 9.17) is 0 Å². The third kappa shape index (κ3) is 5.47. The Labute approximate surface area is 150 Å². The summed E-state index contributed by atoms with van der Waals surface area (Å²) in [6, 6.07) is 0.205. The molecular weight excluding hydrogens is 298 g/mol. The number of carbonyl (C=O) groups is 1. The molecule has 1 fully saturated rings. The fourth-order valence-corrected chi connectivity index (χ4v) is 4.12. The standard InChI is InChI=1S/C21H41NO2/c1-16(23)14-20(5,6)21(7,8)17(15-19(2,3)4)22-13-11-9-10-12-18(22)24/h16-17,23H,9-15H2,1-8H3. The molecule has 0 saturated carbocycles. The quantitative estimate of drug-likeness (QED) is 0.738. The van der Waals surface area contributed by atoms with Gasteiger partial charge in [-0.25, -0.2) is 0 Å². The molecule has 1 rings (SSSR count). The van der Waals surface area contributed by atoms with Crippen LogP contribution in [0.3, 0.4) is 0 Å². The maximum absolute atomic E-state index is 12.8. The van der Waals surface area contributed by atoms with Crippen LogP contribution in [0.5, 0.6) is 0 Å². The van der Waals surface area contributed by atoms with Crippen LogP contribution in [-0.4, -0.2) is 34.6 Å². The van der Waals surface area contributed by atoms with E-state index in [0.717, 1.165) is 38.6 Å². The van der Waals surface area contributed by atoms with E-state index in [0.29, 0.717) is 12.3 Å². The topological polar surface area (TPSA) is 40.5 Å². The number of hydrogen-bond donors (Lipinski definition) is 1. The average molecular weight is 340 g/mol. The molecule has 1 aliphatic rings. The van der Waals surface area contributed by atoms with E-state index in [9.17, 15) is 9.90 Å². The third-order valence-electron chi connectivity index (χ3n) is 6.18. The molecular formula is C21H41NO2. The summed E-state index contributed by atoms with van der Waals surface area (Å²) >= 11 is 0. The van der Waals surface area contributed by atoms with Gasteiger partial charge in [0.25, 0.3) is 0 Å². The predicted molar refractivity (Wildman–Crippen MR) is 102 cm³/mol. The van der Waals surface area contributed by atoms with Gasteiger partial charge in [0.1, 0.15) is 0 Å². The minimum atomic E-state index is -0.325. The van der Waals surface area contributed by atoms with Crippen molar-refractivity contribution in [3.05, 3.63) is 0 Å². The first-order chi connectivity index (χ1) is 10.8. The molecule has 0 aliphatic carbocycles. The van der Waals surface area contributed by atoms with Crippen LogP contribution in [0.25, 0.3) is 0 Å². The van der Waals surface area contributed by atoms with E-state index >= 15 is 0 Å². The first-order valence-corrected chi connectivity index (χ1v) is 9.75. The number of likely N-dealkylation sites (tertiary alicyclic amines) is 1. The normalized spacial score (nSPS) is 20.7. The van der Waals surface area contributed by atoms with Crippen molar-refractivity contribution in [1.29, 1.82) is 0 Å². The van der Waals surface area contributed by atoms with Crippen molar-refractivity contribution in [2.75, 3.05) is 6.54 Å². The molecule has 0 aromatic carbocycles. The van der Waals surface area contributed by atoms with Crippen molar-refractivity contribution in [3.63, 3.8) is 0 Å². The van der Waals surface area contributed by atoms with Gasteiger partial charge in [0.15, 0.2) is 0 Å². The first kappa shape index (κ1) is 21.5. The second-order valence-corrected chi connectivity index (χ2v) is 10.3. The van der Waals surface area contributed by atoms with Crippen LogP contribution < -0.4 is 0 Å². The van der Waals surface area contributed by atoms with Crippen LogP contribution in [0.2, 0.25) is 0 Å². The lowest BCUT2D eigenvalue weighted by atomic mass is 9.59. The Hall–Kier alpha value is -0.570. The van der Waals surface area contributed by atoms with E-state index in [1.54, 1.807) is 0 Å². The molecule has 1 aliphatic heterocycles. The lowest BCUT2D eigenvalue weighted by Gasteiger charge is -2.53. The molecule has 1 saturated heterocycles. The van der Waals surface area contributed by atoms with Crippen LogP contribution in [0.4, 0.5) is 0 Å². The fourth-order valence-electron chi connectivity index (χ4n) is 4.12. The van der Waals surface area contributed by atoms with Crippen LogP contribution in [-0.2, 0) is 4.79 Å². The lowest BCUT2D eigenvalue weighted by Crippen LogP contribution is -2.55. The first-order valence-electron chi connectivity index (χ1n) is 9.75. The van der Waals surface area contributed by atoms with E-state index in [1.807, 2.05) is 6.92 Å². The SMILES string of the molecule is CC(O)CC(C)(C)C(C)(C)C(CC(C)(C)C)N1CCCCCC1=O. The van der Waals surface area contributed by atoms with Gasteiger partial charge in [0.05, 0.1) is 6.10 Å². The molecule has 3 nitrogen and oxygen atoms in total. The van der Waals surface area contributed by atoms with Gasteiger partial charge in [-0.1, -0.05) is 54.9 Å². The zero-order valence-corrected chi connectivity index (χ0v) is 17.4. The van der Waals surface area contributed by atoms with Crippen molar-refractivity contribution < 1.29 is 9.90 Å². The zero-order chi connectivity index (χ0) is 18.8. The Morgan fingerprint density at radius 2 is 1.58 bits per heavy atom.